The zero-order chi connectivity index (χ0) is 9.23. The molecule has 0 rings (SSSR count). The minimum Gasteiger partial charge on any atom is -0.274 e. The van der Waals surface area contributed by atoms with Crippen LogP contribution in [0.15, 0.2) is 0 Å². The van der Waals surface area contributed by atoms with E-state index < -0.39 is 21.2 Å². The standard InChI is InChI=1S/C6H13NO3S/c1-5(2)11(9,10)7(4)6(3)8/h5H,1-4H3. The van der Waals surface area contributed by atoms with Crippen molar-refractivity contribution in [1.82, 2.24) is 4.31 Å². The second-order valence-corrected chi connectivity index (χ2v) is 5.10. The first-order chi connectivity index (χ1) is 4.80. The Morgan fingerprint density at radius 2 is 1.73 bits per heavy atom. The summed E-state index contributed by atoms with van der Waals surface area (Å²) in [5.41, 5.74) is 0. The average molecular weight is 179 g/mol. The Morgan fingerprint density at radius 3 is 1.82 bits per heavy atom. The van der Waals surface area contributed by atoms with Crippen LogP contribution in [0.25, 0.3) is 0 Å². The number of rotatable bonds is 2. The Labute approximate surface area is 67.2 Å². The summed E-state index contributed by atoms with van der Waals surface area (Å²) in [7, 11) is -2.13. The van der Waals surface area contributed by atoms with Gasteiger partial charge in [-0.2, -0.15) is 0 Å². The van der Waals surface area contributed by atoms with E-state index in [1.807, 2.05) is 0 Å². The summed E-state index contributed by atoms with van der Waals surface area (Å²) >= 11 is 0. The summed E-state index contributed by atoms with van der Waals surface area (Å²) in [5, 5.41) is -0.545. The molecular formula is C6H13NO3S. The monoisotopic (exact) mass is 179 g/mol. The van der Waals surface area contributed by atoms with Crippen molar-refractivity contribution in [2.75, 3.05) is 7.05 Å². The van der Waals surface area contributed by atoms with Crippen LogP contribution < -0.4 is 0 Å². The van der Waals surface area contributed by atoms with Crippen molar-refractivity contribution in [1.29, 1.82) is 0 Å². The zero-order valence-electron chi connectivity index (χ0n) is 7.16. The highest BCUT2D eigenvalue weighted by atomic mass is 32.2. The molecule has 0 aromatic rings. The first-order valence-electron chi connectivity index (χ1n) is 3.28. The molecule has 66 valence electrons. The number of sulfonamides is 1. The quantitative estimate of drug-likeness (QED) is 0.608. The third kappa shape index (κ3) is 2.18. The van der Waals surface area contributed by atoms with E-state index in [1.54, 1.807) is 0 Å². The maximum Gasteiger partial charge on any atom is 0.239 e. The third-order valence-electron chi connectivity index (χ3n) is 1.42. The summed E-state index contributed by atoms with van der Waals surface area (Å²) in [5.74, 6) is -0.460. The molecule has 0 bridgehead atoms. The van der Waals surface area contributed by atoms with Gasteiger partial charge >= 0.3 is 0 Å². The van der Waals surface area contributed by atoms with Gasteiger partial charge in [0, 0.05) is 14.0 Å². The molecule has 0 radical (unpaired) electrons. The molecule has 0 aliphatic carbocycles. The van der Waals surface area contributed by atoms with Crippen molar-refractivity contribution in [2.24, 2.45) is 0 Å². The van der Waals surface area contributed by atoms with Crippen molar-refractivity contribution < 1.29 is 13.2 Å². The maximum atomic E-state index is 11.2. The predicted octanol–water partition coefficient (Wildman–Crippen LogP) is 0.203. The van der Waals surface area contributed by atoms with E-state index in [0.717, 1.165) is 4.31 Å². The van der Waals surface area contributed by atoms with Crippen molar-refractivity contribution in [2.45, 2.75) is 26.0 Å². The molecular weight excluding hydrogens is 166 g/mol. The summed E-state index contributed by atoms with van der Waals surface area (Å²) in [6.07, 6.45) is 0. The molecule has 0 aliphatic heterocycles. The van der Waals surface area contributed by atoms with E-state index in [-0.39, 0.29) is 0 Å². The van der Waals surface area contributed by atoms with Gasteiger partial charge in [-0.15, -0.1) is 0 Å². The highest BCUT2D eigenvalue weighted by Gasteiger charge is 2.23. The van der Waals surface area contributed by atoms with Gasteiger partial charge in [-0.3, -0.25) is 4.79 Å². The van der Waals surface area contributed by atoms with Crippen LogP contribution in [0.2, 0.25) is 0 Å². The second-order valence-electron chi connectivity index (χ2n) is 2.58. The number of amides is 1. The molecule has 11 heavy (non-hydrogen) atoms. The van der Waals surface area contributed by atoms with Crippen LogP contribution in [0.3, 0.4) is 0 Å². The highest BCUT2D eigenvalue weighted by Crippen LogP contribution is 2.05. The van der Waals surface area contributed by atoms with Crippen molar-refractivity contribution in [3.63, 3.8) is 0 Å². The molecule has 0 heterocycles. The lowest BCUT2D eigenvalue weighted by molar-refractivity contribution is -0.123. The molecule has 0 N–H and O–H groups in total. The first-order valence-corrected chi connectivity index (χ1v) is 4.78. The third-order valence-corrected chi connectivity index (χ3v) is 3.63. The van der Waals surface area contributed by atoms with Crippen LogP contribution in [-0.4, -0.2) is 30.9 Å². The Bertz CT molecular complexity index is 243. The largest absolute Gasteiger partial charge is 0.274 e. The van der Waals surface area contributed by atoms with E-state index in [2.05, 4.69) is 0 Å². The molecule has 0 spiro atoms. The van der Waals surface area contributed by atoms with Crippen LogP contribution in [0, 0.1) is 0 Å². The lowest BCUT2D eigenvalue weighted by Crippen LogP contribution is -2.36. The van der Waals surface area contributed by atoms with Crippen LogP contribution in [0.4, 0.5) is 0 Å². The Balaban J connectivity index is 4.72. The summed E-state index contributed by atoms with van der Waals surface area (Å²) in [6.45, 7) is 4.30. The summed E-state index contributed by atoms with van der Waals surface area (Å²) in [6, 6.07) is 0. The predicted molar refractivity (Wildman–Crippen MR) is 42.5 cm³/mol. The van der Waals surface area contributed by atoms with Gasteiger partial charge in [0.15, 0.2) is 0 Å². The maximum absolute atomic E-state index is 11.2. The normalized spacial score (nSPS) is 11.7. The van der Waals surface area contributed by atoms with Gasteiger partial charge in [0.25, 0.3) is 0 Å². The van der Waals surface area contributed by atoms with E-state index in [0.29, 0.717) is 0 Å². The molecule has 1 amide bonds. The van der Waals surface area contributed by atoms with Crippen molar-refractivity contribution >= 4 is 15.9 Å². The Kier molecular flexibility index (Phi) is 3.04. The second kappa shape index (κ2) is 3.21. The minimum atomic E-state index is -3.39. The number of carbonyl (C=O) groups excluding carboxylic acids is 1. The molecule has 0 saturated heterocycles. The number of carbonyl (C=O) groups is 1. The van der Waals surface area contributed by atoms with E-state index >= 15 is 0 Å². The fraction of sp³-hybridized carbons (Fsp3) is 0.833. The van der Waals surface area contributed by atoms with Crippen LogP contribution >= 0.6 is 0 Å². The first kappa shape index (κ1) is 10.4. The summed E-state index contributed by atoms with van der Waals surface area (Å²) < 4.78 is 23.1. The van der Waals surface area contributed by atoms with E-state index in [4.69, 9.17) is 0 Å². The molecule has 0 saturated carbocycles. The topological polar surface area (TPSA) is 54.5 Å². The number of hydrogen-bond donors (Lipinski definition) is 0. The van der Waals surface area contributed by atoms with Gasteiger partial charge in [-0.25, -0.2) is 12.7 Å². The highest BCUT2D eigenvalue weighted by molar-refractivity contribution is 7.90. The average Bonchev–Trinajstić information content (AvgIpc) is 1.85. The van der Waals surface area contributed by atoms with Crippen LogP contribution in [0.5, 0.6) is 0 Å². The van der Waals surface area contributed by atoms with Gasteiger partial charge in [-0.05, 0) is 13.8 Å². The Morgan fingerprint density at radius 1 is 1.36 bits per heavy atom. The zero-order valence-corrected chi connectivity index (χ0v) is 7.97. The van der Waals surface area contributed by atoms with Gasteiger partial charge in [0.2, 0.25) is 15.9 Å². The molecule has 0 atom stereocenters. The van der Waals surface area contributed by atoms with Gasteiger partial charge in [0.1, 0.15) is 0 Å². The van der Waals surface area contributed by atoms with E-state index in [1.165, 1.54) is 27.8 Å². The minimum absolute atomic E-state index is 0.460. The molecule has 0 aromatic carbocycles. The van der Waals surface area contributed by atoms with Gasteiger partial charge in [0.05, 0.1) is 5.25 Å². The lowest BCUT2D eigenvalue weighted by Gasteiger charge is -2.17. The molecule has 0 aliphatic rings. The van der Waals surface area contributed by atoms with Crippen molar-refractivity contribution in [3.8, 4) is 0 Å². The van der Waals surface area contributed by atoms with Crippen LogP contribution in [0.1, 0.15) is 20.8 Å². The lowest BCUT2D eigenvalue weighted by atomic mass is 10.6. The number of hydrogen-bond acceptors (Lipinski definition) is 3. The van der Waals surface area contributed by atoms with Gasteiger partial charge in [-0.1, -0.05) is 0 Å². The van der Waals surface area contributed by atoms with Crippen LogP contribution in [-0.2, 0) is 14.8 Å². The smallest absolute Gasteiger partial charge is 0.239 e. The SMILES string of the molecule is CC(=O)N(C)S(=O)(=O)C(C)C. The van der Waals surface area contributed by atoms with Crippen molar-refractivity contribution in [3.05, 3.63) is 0 Å². The fourth-order valence-electron chi connectivity index (χ4n) is 0.495. The fourth-order valence-corrected chi connectivity index (χ4v) is 1.49. The number of nitrogens with zero attached hydrogens (tertiary/aromatic N) is 1. The Hall–Kier alpha value is -0.580. The molecule has 0 unspecified atom stereocenters. The van der Waals surface area contributed by atoms with E-state index in [9.17, 15) is 13.2 Å². The molecule has 0 fully saturated rings. The molecule has 5 heteroatoms. The molecule has 0 aromatic heterocycles. The molecule has 4 nitrogen and oxygen atoms in total. The summed E-state index contributed by atoms with van der Waals surface area (Å²) in [4.78, 5) is 10.6. The van der Waals surface area contributed by atoms with Gasteiger partial charge < -0.3 is 0 Å².